The molecule has 0 radical (unpaired) electrons. The maximum Gasteiger partial charge on any atom is 0.257 e. The number of carbonyl (C=O) groups excluding carboxylic acids is 2. The number of aromatic nitrogens is 1. The van der Waals surface area contributed by atoms with Crippen molar-refractivity contribution in [2.75, 3.05) is 39.3 Å². The summed E-state index contributed by atoms with van der Waals surface area (Å²) < 4.78 is 13.2. The maximum absolute atomic E-state index is 13.9. The molecular formula is C32H32N4O4. The largest absolute Gasteiger partial charge is 0.493 e. The van der Waals surface area contributed by atoms with E-state index in [-0.39, 0.29) is 24.5 Å². The Bertz CT molecular complexity index is 1680. The van der Waals surface area contributed by atoms with Crippen LogP contribution >= 0.6 is 0 Å². The molecule has 4 aromatic rings. The Morgan fingerprint density at radius 3 is 2.45 bits per heavy atom. The summed E-state index contributed by atoms with van der Waals surface area (Å²) in [4.78, 5) is 33.6. The second-order valence-electron chi connectivity index (χ2n) is 10.8. The number of anilines is 1. The lowest BCUT2D eigenvalue weighted by molar-refractivity contribution is -0.132. The van der Waals surface area contributed by atoms with E-state index < -0.39 is 0 Å². The number of carbonyl (C=O) groups is 2. The van der Waals surface area contributed by atoms with Crippen molar-refractivity contribution >= 4 is 28.4 Å². The summed E-state index contributed by atoms with van der Waals surface area (Å²) in [5.74, 6) is 1.49. The summed E-state index contributed by atoms with van der Waals surface area (Å²) in [5, 5.41) is 1.16. The topological polar surface area (TPSA) is 67.2 Å². The highest BCUT2D eigenvalue weighted by Gasteiger charge is 2.43. The van der Waals surface area contributed by atoms with Crippen LogP contribution in [0.2, 0.25) is 0 Å². The van der Waals surface area contributed by atoms with Crippen LogP contribution in [-0.2, 0) is 30.7 Å². The van der Waals surface area contributed by atoms with Crippen LogP contribution in [0.25, 0.3) is 10.9 Å². The van der Waals surface area contributed by atoms with Crippen molar-refractivity contribution in [2.24, 2.45) is 0 Å². The first-order chi connectivity index (χ1) is 19.5. The Kier molecular flexibility index (Phi) is 5.73. The van der Waals surface area contributed by atoms with E-state index in [0.29, 0.717) is 31.1 Å². The third-order valence-electron chi connectivity index (χ3n) is 8.77. The molecule has 2 amide bonds. The van der Waals surface area contributed by atoms with E-state index in [1.807, 2.05) is 59.3 Å². The first-order valence-electron chi connectivity index (χ1n) is 13.7. The molecule has 0 bridgehead atoms. The minimum atomic E-state index is -0.273. The number of benzene rings is 3. The van der Waals surface area contributed by atoms with Gasteiger partial charge in [-0.3, -0.25) is 9.59 Å². The van der Waals surface area contributed by atoms with Crippen molar-refractivity contribution in [2.45, 2.75) is 32.1 Å². The van der Waals surface area contributed by atoms with E-state index in [9.17, 15) is 9.59 Å². The Balaban J connectivity index is 1.27. The monoisotopic (exact) mass is 536 g/mol. The van der Waals surface area contributed by atoms with Gasteiger partial charge in [-0.15, -0.1) is 0 Å². The van der Waals surface area contributed by atoms with Crippen LogP contribution in [0.1, 0.15) is 38.9 Å². The van der Waals surface area contributed by atoms with Crippen LogP contribution < -0.4 is 14.4 Å². The van der Waals surface area contributed by atoms with Gasteiger partial charge in [0.2, 0.25) is 5.91 Å². The van der Waals surface area contributed by atoms with Gasteiger partial charge in [0.25, 0.3) is 5.91 Å². The van der Waals surface area contributed by atoms with Crippen LogP contribution in [0.4, 0.5) is 5.69 Å². The molecule has 0 N–H and O–H groups in total. The zero-order valence-corrected chi connectivity index (χ0v) is 23.0. The van der Waals surface area contributed by atoms with Gasteiger partial charge in [-0.2, -0.15) is 0 Å². The van der Waals surface area contributed by atoms with Crippen molar-refractivity contribution in [3.8, 4) is 11.5 Å². The van der Waals surface area contributed by atoms with Gasteiger partial charge in [-0.05, 0) is 59.9 Å². The zero-order chi connectivity index (χ0) is 27.5. The fraction of sp³-hybridized carbons (Fsp3) is 0.312. The number of hydrogen-bond acceptors (Lipinski definition) is 5. The van der Waals surface area contributed by atoms with Crippen molar-refractivity contribution in [3.05, 3.63) is 88.6 Å². The average Bonchev–Trinajstić information content (AvgIpc) is 3.31. The molecule has 4 heterocycles. The lowest BCUT2D eigenvalue weighted by Gasteiger charge is -2.46. The predicted molar refractivity (Wildman–Crippen MR) is 153 cm³/mol. The van der Waals surface area contributed by atoms with Crippen molar-refractivity contribution in [1.29, 1.82) is 0 Å². The van der Waals surface area contributed by atoms with E-state index in [1.54, 1.807) is 14.2 Å². The molecule has 204 valence electrons. The number of amides is 2. The third-order valence-corrected chi connectivity index (χ3v) is 8.77. The zero-order valence-electron chi connectivity index (χ0n) is 23.0. The number of fused-ring (bicyclic) bond motifs is 7. The first kappa shape index (κ1) is 24.6. The molecule has 3 aliphatic rings. The van der Waals surface area contributed by atoms with Crippen LogP contribution in [0.15, 0.2) is 60.7 Å². The van der Waals surface area contributed by atoms with Crippen LogP contribution in [0, 0.1) is 0 Å². The molecule has 0 aliphatic carbocycles. The molecule has 0 saturated heterocycles. The van der Waals surface area contributed by atoms with E-state index in [2.05, 4.69) is 27.7 Å². The highest BCUT2D eigenvalue weighted by atomic mass is 16.5. The van der Waals surface area contributed by atoms with Gasteiger partial charge >= 0.3 is 0 Å². The van der Waals surface area contributed by atoms with Crippen LogP contribution in [0.5, 0.6) is 11.5 Å². The van der Waals surface area contributed by atoms with Gasteiger partial charge in [0.15, 0.2) is 11.5 Å². The standard InChI is InChI=1S/C32H32N4O4/c1-33-25-10-6-5-9-24(25)32(38)35-15-13-23-22-8-4-7-11-26(22)36(30(23)31(33)35)19-29(37)34-14-12-20-16-27(39-2)28(40-3)17-21(20)18-34/h4-11,16-17,31H,12-15,18-19H2,1-3H3. The predicted octanol–water partition coefficient (Wildman–Crippen LogP) is 4.39. The van der Waals surface area contributed by atoms with E-state index in [1.165, 1.54) is 11.1 Å². The number of ether oxygens (including phenoxy) is 2. The number of para-hydroxylation sites is 2. The summed E-state index contributed by atoms with van der Waals surface area (Å²) in [5.41, 5.74) is 7.20. The molecule has 0 saturated carbocycles. The van der Waals surface area contributed by atoms with Crippen molar-refractivity contribution in [1.82, 2.24) is 14.4 Å². The minimum absolute atomic E-state index is 0.0458. The molecule has 3 aromatic carbocycles. The summed E-state index contributed by atoms with van der Waals surface area (Å²) in [6.45, 7) is 2.03. The number of hydrogen-bond donors (Lipinski definition) is 0. The highest BCUT2D eigenvalue weighted by Crippen LogP contribution is 2.44. The van der Waals surface area contributed by atoms with Gasteiger partial charge in [-0.1, -0.05) is 30.3 Å². The molecule has 1 atom stereocenters. The van der Waals surface area contributed by atoms with Crippen molar-refractivity contribution in [3.63, 3.8) is 0 Å². The summed E-state index contributed by atoms with van der Waals surface area (Å²) in [6.07, 6.45) is 1.25. The summed E-state index contributed by atoms with van der Waals surface area (Å²) in [6, 6.07) is 20.1. The Labute approximate surface area is 233 Å². The lowest BCUT2D eigenvalue weighted by atomic mass is 9.96. The molecule has 0 fully saturated rings. The fourth-order valence-electron chi connectivity index (χ4n) is 6.81. The quantitative estimate of drug-likeness (QED) is 0.387. The molecule has 8 heteroatoms. The molecule has 1 aromatic heterocycles. The molecule has 3 aliphatic heterocycles. The maximum atomic E-state index is 13.9. The fourth-order valence-corrected chi connectivity index (χ4v) is 6.81. The normalized spacial score (nSPS) is 17.7. The van der Waals surface area contributed by atoms with Crippen LogP contribution in [0.3, 0.4) is 0 Å². The molecule has 1 unspecified atom stereocenters. The van der Waals surface area contributed by atoms with Gasteiger partial charge in [0, 0.05) is 37.6 Å². The highest BCUT2D eigenvalue weighted by molar-refractivity contribution is 6.02. The van der Waals surface area contributed by atoms with E-state index in [4.69, 9.17) is 9.47 Å². The first-order valence-corrected chi connectivity index (χ1v) is 13.7. The molecular weight excluding hydrogens is 504 g/mol. The molecule has 0 spiro atoms. The van der Waals surface area contributed by atoms with Gasteiger partial charge in [0.05, 0.1) is 31.2 Å². The molecule has 40 heavy (non-hydrogen) atoms. The minimum Gasteiger partial charge on any atom is -0.493 e. The third kappa shape index (κ3) is 3.58. The summed E-state index contributed by atoms with van der Waals surface area (Å²) in [7, 11) is 5.32. The smallest absolute Gasteiger partial charge is 0.257 e. The van der Waals surface area contributed by atoms with Crippen LogP contribution in [-0.4, -0.2) is 60.5 Å². The second kappa shape index (κ2) is 9.33. The molecule has 7 rings (SSSR count). The summed E-state index contributed by atoms with van der Waals surface area (Å²) >= 11 is 0. The number of nitrogens with zero attached hydrogens (tertiary/aromatic N) is 4. The van der Waals surface area contributed by atoms with Gasteiger partial charge < -0.3 is 28.7 Å². The second-order valence-corrected chi connectivity index (χ2v) is 10.8. The van der Waals surface area contributed by atoms with Gasteiger partial charge in [0.1, 0.15) is 12.7 Å². The molecule has 8 nitrogen and oxygen atoms in total. The lowest BCUT2D eigenvalue weighted by Crippen LogP contribution is -2.51. The Morgan fingerprint density at radius 2 is 1.65 bits per heavy atom. The Hall–Kier alpha value is -4.46. The number of rotatable bonds is 4. The van der Waals surface area contributed by atoms with Gasteiger partial charge in [-0.25, -0.2) is 0 Å². The van der Waals surface area contributed by atoms with E-state index in [0.717, 1.165) is 46.3 Å². The SMILES string of the molecule is COc1cc2c(cc1OC)CN(C(=O)Cn1c3c(c4ccccc41)CCN1C(=O)c4ccccc4N(C)C31)CC2. The number of methoxy groups -OCH3 is 2. The Morgan fingerprint density at radius 1 is 0.925 bits per heavy atom. The average molecular weight is 537 g/mol. The van der Waals surface area contributed by atoms with Crippen molar-refractivity contribution < 1.29 is 19.1 Å². The van der Waals surface area contributed by atoms with E-state index >= 15 is 0 Å².